The zero-order chi connectivity index (χ0) is 14.3. The Morgan fingerprint density at radius 2 is 1.89 bits per heavy atom. The summed E-state index contributed by atoms with van der Waals surface area (Å²) in [5.74, 6) is 6.43. The smallest absolute Gasteiger partial charge is 0.147 e. The van der Waals surface area contributed by atoms with E-state index in [1.807, 2.05) is 24.3 Å². The third kappa shape index (κ3) is 6.56. The van der Waals surface area contributed by atoms with Crippen LogP contribution < -0.4 is 16.0 Å². The van der Waals surface area contributed by atoms with Crippen molar-refractivity contribution in [3.8, 4) is 5.75 Å². The first-order valence-electron chi connectivity index (χ1n) is 6.21. The summed E-state index contributed by atoms with van der Waals surface area (Å²) in [5.41, 5.74) is 3.86. The fourth-order valence-corrected chi connectivity index (χ4v) is 2.51. The van der Waals surface area contributed by atoms with E-state index < -0.39 is 9.84 Å². The molecular formula is C13H22N2O3S. The van der Waals surface area contributed by atoms with Crippen molar-refractivity contribution in [1.82, 2.24) is 5.43 Å². The number of rotatable bonds is 8. The molecule has 0 aliphatic carbocycles. The Bertz CT molecular complexity index is 471. The van der Waals surface area contributed by atoms with Gasteiger partial charge in [0.05, 0.1) is 12.9 Å². The fourth-order valence-electron chi connectivity index (χ4n) is 1.80. The zero-order valence-electron chi connectivity index (χ0n) is 11.4. The Hall–Kier alpha value is -1.11. The zero-order valence-corrected chi connectivity index (χ0v) is 12.2. The maximum absolute atomic E-state index is 11.1. The number of ether oxygens (including phenoxy) is 1. The fraction of sp³-hybridized carbons (Fsp3) is 0.538. The summed E-state index contributed by atoms with van der Waals surface area (Å²) < 4.78 is 27.3. The Morgan fingerprint density at radius 1 is 1.26 bits per heavy atom. The van der Waals surface area contributed by atoms with Gasteiger partial charge in [0.2, 0.25) is 0 Å². The number of hydrogen-bond donors (Lipinski definition) is 2. The SMILES string of the molecule is COc1ccc(CCC(CCS(C)(=O)=O)NN)cc1. The van der Waals surface area contributed by atoms with Crippen LogP contribution in [0.1, 0.15) is 18.4 Å². The van der Waals surface area contributed by atoms with Crippen molar-refractivity contribution in [1.29, 1.82) is 0 Å². The predicted octanol–water partition coefficient (Wildman–Crippen LogP) is 0.894. The van der Waals surface area contributed by atoms with E-state index in [1.54, 1.807) is 7.11 Å². The highest BCUT2D eigenvalue weighted by atomic mass is 32.2. The van der Waals surface area contributed by atoms with E-state index in [0.29, 0.717) is 6.42 Å². The highest BCUT2D eigenvalue weighted by molar-refractivity contribution is 7.90. The minimum absolute atomic E-state index is 0.0110. The number of hydrogen-bond acceptors (Lipinski definition) is 5. The van der Waals surface area contributed by atoms with Crippen molar-refractivity contribution in [2.45, 2.75) is 25.3 Å². The third-order valence-electron chi connectivity index (χ3n) is 3.01. The van der Waals surface area contributed by atoms with Crippen LogP contribution in [0.5, 0.6) is 5.75 Å². The summed E-state index contributed by atoms with van der Waals surface area (Å²) in [6, 6.07) is 7.84. The summed E-state index contributed by atoms with van der Waals surface area (Å²) in [7, 11) is -1.30. The van der Waals surface area contributed by atoms with Crippen LogP contribution in [-0.4, -0.2) is 33.6 Å². The highest BCUT2D eigenvalue weighted by Crippen LogP contribution is 2.14. The van der Waals surface area contributed by atoms with Gasteiger partial charge in [-0.15, -0.1) is 0 Å². The molecule has 0 spiro atoms. The molecule has 1 aromatic carbocycles. The van der Waals surface area contributed by atoms with Gasteiger partial charge < -0.3 is 4.74 Å². The van der Waals surface area contributed by atoms with Gasteiger partial charge in [-0.05, 0) is 37.0 Å². The van der Waals surface area contributed by atoms with E-state index in [2.05, 4.69) is 5.43 Å². The molecule has 108 valence electrons. The van der Waals surface area contributed by atoms with Gasteiger partial charge in [0.1, 0.15) is 15.6 Å². The molecule has 0 aliphatic heterocycles. The Kier molecular flexibility index (Phi) is 6.27. The molecule has 6 heteroatoms. The molecule has 5 nitrogen and oxygen atoms in total. The molecule has 0 heterocycles. The van der Waals surface area contributed by atoms with Crippen LogP contribution in [0.2, 0.25) is 0 Å². The summed E-state index contributed by atoms with van der Waals surface area (Å²) in [6.45, 7) is 0. The van der Waals surface area contributed by atoms with E-state index in [4.69, 9.17) is 10.6 Å². The second kappa shape index (κ2) is 7.47. The standard InChI is InChI=1S/C13H22N2O3S/c1-18-13-7-4-11(5-8-13)3-6-12(15-14)9-10-19(2,16)17/h4-5,7-8,12,15H,3,6,9-10,14H2,1-2H3. The summed E-state index contributed by atoms with van der Waals surface area (Å²) in [5, 5.41) is 0. The number of aryl methyl sites for hydroxylation is 1. The van der Waals surface area contributed by atoms with Crippen molar-refractivity contribution in [2.24, 2.45) is 5.84 Å². The first kappa shape index (κ1) is 15.9. The third-order valence-corrected chi connectivity index (χ3v) is 3.99. The van der Waals surface area contributed by atoms with Gasteiger partial charge in [0, 0.05) is 12.3 Å². The average Bonchev–Trinajstić information content (AvgIpc) is 2.38. The average molecular weight is 286 g/mol. The van der Waals surface area contributed by atoms with E-state index in [-0.39, 0.29) is 11.8 Å². The van der Waals surface area contributed by atoms with Gasteiger partial charge >= 0.3 is 0 Å². The van der Waals surface area contributed by atoms with Crippen LogP contribution in [-0.2, 0) is 16.3 Å². The largest absolute Gasteiger partial charge is 0.497 e. The van der Waals surface area contributed by atoms with Crippen LogP contribution >= 0.6 is 0 Å². The lowest BCUT2D eigenvalue weighted by molar-refractivity contribution is 0.414. The number of nitrogens with two attached hydrogens (primary N) is 1. The molecule has 1 atom stereocenters. The van der Waals surface area contributed by atoms with Gasteiger partial charge in [-0.1, -0.05) is 12.1 Å². The minimum Gasteiger partial charge on any atom is -0.497 e. The molecular weight excluding hydrogens is 264 g/mol. The van der Waals surface area contributed by atoms with E-state index >= 15 is 0 Å². The summed E-state index contributed by atoms with van der Waals surface area (Å²) in [6.07, 6.45) is 3.43. The molecule has 0 aromatic heterocycles. The monoisotopic (exact) mass is 286 g/mol. The molecule has 0 saturated carbocycles. The van der Waals surface area contributed by atoms with Crippen molar-refractivity contribution in [3.63, 3.8) is 0 Å². The molecule has 0 bridgehead atoms. The van der Waals surface area contributed by atoms with Crippen molar-refractivity contribution in [2.75, 3.05) is 19.1 Å². The van der Waals surface area contributed by atoms with Crippen LogP contribution in [0.4, 0.5) is 0 Å². The lowest BCUT2D eigenvalue weighted by Crippen LogP contribution is -2.36. The summed E-state index contributed by atoms with van der Waals surface area (Å²) >= 11 is 0. The normalized spacial score (nSPS) is 13.2. The molecule has 0 aliphatic rings. The van der Waals surface area contributed by atoms with Crippen LogP contribution in [0, 0.1) is 0 Å². The Labute approximate surface area is 115 Å². The molecule has 1 aromatic rings. The molecule has 0 fully saturated rings. The van der Waals surface area contributed by atoms with Crippen molar-refractivity contribution >= 4 is 9.84 Å². The van der Waals surface area contributed by atoms with E-state index in [1.165, 1.54) is 11.8 Å². The molecule has 0 radical (unpaired) electrons. The number of nitrogens with one attached hydrogen (secondary N) is 1. The molecule has 1 unspecified atom stereocenters. The molecule has 3 N–H and O–H groups in total. The first-order chi connectivity index (χ1) is 8.94. The number of benzene rings is 1. The van der Waals surface area contributed by atoms with Crippen molar-refractivity contribution in [3.05, 3.63) is 29.8 Å². The second-order valence-corrected chi connectivity index (χ2v) is 6.93. The molecule has 1 rings (SSSR count). The Balaban J connectivity index is 2.43. The topological polar surface area (TPSA) is 81.4 Å². The van der Waals surface area contributed by atoms with Crippen LogP contribution in [0.15, 0.2) is 24.3 Å². The number of methoxy groups -OCH3 is 1. The summed E-state index contributed by atoms with van der Waals surface area (Å²) in [4.78, 5) is 0. The van der Waals surface area contributed by atoms with Crippen LogP contribution in [0.25, 0.3) is 0 Å². The van der Waals surface area contributed by atoms with Gasteiger partial charge in [0.25, 0.3) is 0 Å². The van der Waals surface area contributed by atoms with E-state index in [9.17, 15) is 8.42 Å². The quantitative estimate of drug-likeness (QED) is 0.548. The van der Waals surface area contributed by atoms with Gasteiger partial charge in [0.15, 0.2) is 0 Å². The van der Waals surface area contributed by atoms with Crippen LogP contribution in [0.3, 0.4) is 0 Å². The van der Waals surface area contributed by atoms with Crippen molar-refractivity contribution < 1.29 is 13.2 Å². The number of sulfone groups is 1. The van der Waals surface area contributed by atoms with E-state index in [0.717, 1.165) is 18.6 Å². The minimum atomic E-state index is -2.93. The van der Waals surface area contributed by atoms with Gasteiger partial charge in [-0.2, -0.15) is 0 Å². The highest BCUT2D eigenvalue weighted by Gasteiger charge is 2.11. The predicted molar refractivity (Wildman–Crippen MR) is 76.8 cm³/mol. The lowest BCUT2D eigenvalue weighted by atomic mass is 10.0. The molecule has 19 heavy (non-hydrogen) atoms. The maximum atomic E-state index is 11.1. The van der Waals surface area contributed by atoms with Gasteiger partial charge in [-0.3, -0.25) is 11.3 Å². The van der Waals surface area contributed by atoms with Gasteiger partial charge in [-0.25, -0.2) is 8.42 Å². The maximum Gasteiger partial charge on any atom is 0.147 e. The Morgan fingerprint density at radius 3 is 2.37 bits per heavy atom. The second-order valence-electron chi connectivity index (χ2n) is 4.67. The molecule has 0 amide bonds. The molecule has 0 saturated heterocycles. The first-order valence-corrected chi connectivity index (χ1v) is 8.27. The number of hydrazine groups is 1. The lowest BCUT2D eigenvalue weighted by Gasteiger charge is -2.15.